The highest BCUT2D eigenvalue weighted by molar-refractivity contribution is 7.99. The summed E-state index contributed by atoms with van der Waals surface area (Å²) in [5.74, 6) is -4.49. The van der Waals surface area contributed by atoms with Gasteiger partial charge < -0.3 is 42.6 Å². The summed E-state index contributed by atoms with van der Waals surface area (Å²) in [6.07, 6.45) is -12.1. The van der Waals surface area contributed by atoms with Gasteiger partial charge in [0.2, 0.25) is 0 Å². The molecule has 2 amide bonds. The lowest BCUT2D eigenvalue weighted by Crippen LogP contribution is -2.70. The van der Waals surface area contributed by atoms with E-state index in [-0.39, 0.29) is 17.7 Å². The molecule has 3 saturated heterocycles. The largest absolute Gasteiger partial charge is 0.463 e. The summed E-state index contributed by atoms with van der Waals surface area (Å²) in [5.41, 5.74) is -0.116. The van der Waals surface area contributed by atoms with Crippen LogP contribution in [0.1, 0.15) is 60.3 Å². The number of carbonyl (C=O) groups is 6. The number of halogens is 1. The summed E-state index contributed by atoms with van der Waals surface area (Å²) in [5, 5.41) is 0.474. The zero-order chi connectivity index (χ0) is 42.0. The molecule has 0 radical (unpaired) electrons. The van der Waals surface area contributed by atoms with Gasteiger partial charge in [0.1, 0.15) is 42.5 Å². The van der Waals surface area contributed by atoms with E-state index in [1.54, 1.807) is 60.7 Å². The molecule has 3 aromatic carbocycles. The first kappa shape index (κ1) is 42.3. The Balaban J connectivity index is 1.37. The van der Waals surface area contributed by atoms with E-state index in [2.05, 4.69) is 0 Å². The summed E-state index contributed by atoms with van der Waals surface area (Å²) < 4.78 is 55.0. The van der Waals surface area contributed by atoms with E-state index in [0.717, 1.165) is 32.6 Å². The molecule has 11 atom stereocenters. The number of esters is 4. The number of fused-ring (bicyclic) bond motifs is 2. The van der Waals surface area contributed by atoms with Crippen molar-refractivity contribution in [3.63, 3.8) is 0 Å². The molecule has 0 N–H and O–H groups in total. The number of imide groups is 1. The lowest BCUT2D eigenvalue weighted by atomic mass is 9.94. The first-order valence-electron chi connectivity index (χ1n) is 18.6. The van der Waals surface area contributed by atoms with Gasteiger partial charge in [-0.15, -0.1) is 0 Å². The maximum Gasteiger partial charge on any atom is 0.303 e. The van der Waals surface area contributed by atoms with E-state index in [9.17, 15) is 28.8 Å². The molecule has 0 unspecified atom stereocenters. The Labute approximate surface area is 347 Å². The van der Waals surface area contributed by atoms with Crippen molar-refractivity contribution in [3.8, 4) is 0 Å². The Kier molecular flexibility index (Phi) is 13.0. The Morgan fingerprint density at radius 2 is 1.31 bits per heavy atom. The molecule has 4 aliphatic rings. The van der Waals surface area contributed by atoms with Crippen LogP contribution in [0.4, 0.5) is 0 Å². The number of benzene rings is 3. The molecule has 4 heterocycles. The third-order valence-corrected chi connectivity index (χ3v) is 11.2. The van der Waals surface area contributed by atoms with Crippen LogP contribution in [0.5, 0.6) is 0 Å². The minimum absolute atomic E-state index is 0.0326. The average molecular weight is 854 g/mol. The van der Waals surface area contributed by atoms with Gasteiger partial charge in [-0.3, -0.25) is 33.7 Å². The number of hydrogen-bond donors (Lipinski definition) is 0. The zero-order valence-electron chi connectivity index (χ0n) is 32.1. The van der Waals surface area contributed by atoms with E-state index < -0.39 is 109 Å². The second kappa shape index (κ2) is 18.2. The molecule has 0 bridgehead atoms. The number of hydrogen-bond acceptors (Lipinski definition) is 16. The smallest absolute Gasteiger partial charge is 0.303 e. The van der Waals surface area contributed by atoms with E-state index >= 15 is 0 Å². The Morgan fingerprint density at radius 3 is 1.92 bits per heavy atom. The monoisotopic (exact) mass is 853 g/mol. The Morgan fingerprint density at radius 1 is 0.712 bits per heavy atom. The van der Waals surface area contributed by atoms with Gasteiger partial charge >= 0.3 is 23.9 Å². The molecule has 18 heteroatoms. The van der Waals surface area contributed by atoms with Gasteiger partial charge in [-0.25, -0.2) is 0 Å². The lowest BCUT2D eigenvalue weighted by Gasteiger charge is -2.52. The summed E-state index contributed by atoms with van der Waals surface area (Å²) in [6.45, 7) is 3.91. The second-order valence-electron chi connectivity index (χ2n) is 14.0. The van der Waals surface area contributed by atoms with Crippen molar-refractivity contribution in [2.24, 2.45) is 0 Å². The zero-order valence-corrected chi connectivity index (χ0v) is 33.7. The minimum atomic E-state index is -1.71. The maximum absolute atomic E-state index is 14.4. The predicted molar refractivity (Wildman–Crippen MR) is 204 cm³/mol. The Bertz CT molecular complexity index is 2040. The molecule has 0 spiro atoms. The van der Waals surface area contributed by atoms with Gasteiger partial charge in [0.25, 0.3) is 11.8 Å². The molecule has 3 fully saturated rings. The average Bonchev–Trinajstić information content (AvgIpc) is 3.45. The summed E-state index contributed by atoms with van der Waals surface area (Å²) in [6, 6.07) is 20.9. The van der Waals surface area contributed by atoms with Gasteiger partial charge in [0, 0.05) is 43.2 Å². The molecule has 59 heavy (non-hydrogen) atoms. The first-order chi connectivity index (χ1) is 28.3. The van der Waals surface area contributed by atoms with Gasteiger partial charge in [-0.1, -0.05) is 65.8 Å². The van der Waals surface area contributed by atoms with Crippen molar-refractivity contribution >= 4 is 59.1 Å². The predicted octanol–water partition coefficient (Wildman–Crippen LogP) is 4.40. The Hall–Kier alpha value is -4.88. The van der Waals surface area contributed by atoms with Crippen molar-refractivity contribution in [2.45, 2.75) is 99.4 Å². The molecule has 4 aliphatic heterocycles. The van der Waals surface area contributed by atoms with Crippen LogP contribution < -0.4 is 0 Å². The number of amides is 2. The van der Waals surface area contributed by atoms with Gasteiger partial charge in [-0.05, 0) is 36.4 Å². The third-order valence-electron chi connectivity index (χ3n) is 9.81. The maximum atomic E-state index is 14.4. The van der Waals surface area contributed by atoms with E-state index in [4.69, 9.17) is 54.2 Å². The number of carbonyl (C=O) groups excluding carboxylic acids is 6. The van der Waals surface area contributed by atoms with Crippen LogP contribution in [-0.4, -0.2) is 114 Å². The molecule has 0 saturated carbocycles. The number of rotatable bonds is 11. The van der Waals surface area contributed by atoms with Crippen molar-refractivity contribution in [2.75, 3.05) is 13.2 Å². The van der Waals surface area contributed by atoms with Crippen LogP contribution in [-0.2, 0) is 61.8 Å². The third kappa shape index (κ3) is 9.31. The standard InChI is InChI=1S/C41H40ClNO15S/c1-20(44)50-18-29-33(52-21(2)45)35(53-22(3)46)36(54-23(4)47)40(55-29)58-34-31(43-37(48)27-12-8-9-13-28(27)38(43)49)41(59-26-16-14-25(42)15-17-26)56-30-19-51-39(57-32(30)34)24-10-6-5-7-11-24/h5-17,29-36,39-41H,18-19H2,1-4H3/t29-,30-,31-,32-,33+,34-,35+,36-,39-,40+,41+/m1/s1. The molecule has 0 aromatic heterocycles. The first-order valence-corrected chi connectivity index (χ1v) is 19.9. The van der Waals surface area contributed by atoms with Gasteiger partial charge in [-0.2, -0.15) is 0 Å². The number of thioether (sulfide) groups is 1. The second-order valence-corrected chi connectivity index (χ2v) is 15.6. The molecule has 312 valence electrons. The fourth-order valence-corrected chi connectivity index (χ4v) is 8.74. The highest BCUT2D eigenvalue weighted by Gasteiger charge is 2.60. The van der Waals surface area contributed by atoms with Crippen molar-refractivity contribution in [1.29, 1.82) is 0 Å². The quantitative estimate of drug-likeness (QED) is 0.150. The van der Waals surface area contributed by atoms with Crippen LogP contribution in [0.2, 0.25) is 5.02 Å². The van der Waals surface area contributed by atoms with Crippen molar-refractivity contribution in [1.82, 2.24) is 4.90 Å². The minimum Gasteiger partial charge on any atom is -0.463 e. The summed E-state index contributed by atoms with van der Waals surface area (Å²) >= 11 is 7.40. The van der Waals surface area contributed by atoms with Crippen molar-refractivity contribution < 1.29 is 71.4 Å². The van der Waals surface area contributed by atoms with Crippen LogP contribution in [0.3, 0.4) is 0 Å². The van der Waals surface area contributed by atoms with Crippen LogP contribution in [0, 0.1) is 0 Å². The van der Waals surface area contributed by atoms with Crippen LogP contribution in [0.25, 0.3) is 0 Å². The molecular formula is C41H40ClNO15S. The molecule has 0 aliphatic carbocycles. The van der Waals surface area contributed by atoms with Crippen LogP contribution in [0.15, 0.2) is 83.8 Å². The molecule has 3 aromatic rings. The van der Waals surface area contributed by atoms with Gasteiger partial charge in [0.15, 0.2) is 30.9 Å². The van der Waals surface area contributed by atoms with E-state index in [1.165, 1.54) is 23.9 Å². The SMILES string of the molecule is CC(=O)OC[C@H]1O[C@@H](O[C@H]2[C@@H]3O[C@H](c4ccccc4)OC[C@H]3O[C@@H](Sc3ccc(Cl)cc3)[C@@H]2N2C(=O)c3ccccc3C2=O)[C@H](OC(C)=O)[C@@H](OC(C)=O)[C@H]1OC(C)=O. The van der Waals surface area contributed by atoms with Crippen LogP contribution >= 0.6 is 23.4 Å². The fraction of sp³-hybridized carbons (Fsp3) is 0.415. The highest BCUT2D eigenvalue weighted by atomic mass is 35.5. The molecular weight excluding hydrogens is 814 g/mol. The van der Waals surface area contributed by atoms with Gasteiger partial charge in [0.05, 0.1) is 17.7 Å². The fourth-order valence-electron chi connectivity index (χ4n) is 7.44. The summed E-state index contributed by atoms with van der Waals surface area (Å²) in [4.78, 5) is 80.4. The van der Waals surface area contributed by atoms with Crippen molar-refractivity contribution in [3.05, 3.63) is 101 Å². The number of ether oxygens (including phenoxy) is 9. The van der Waals surface area contributed by atoms with E-state index in [1.807, 2.05) is 6.07 Å². The lowest BCUT2D eigenvalue weighted by molar-refractivity contribution is -0.360. The molecule has 16 nitrogen and oxygen atoms in total. The normalized spacial score (nSPS) is 30.1. The molecule has 7 rings (SSSR count). The topological polar surface area (TPSA) is 189 Å². The highest BCUT2D eigenvalue weighted by Crippen LogP contribution is 2.45. The van der Waals surface area contributed by atoms with E-state index in [0.29, 0.717) is 15.5 Å². The summed E-state index contributed by atoms with van der Waals surface area (Å²) in [7, 11) is 0. The number of nitrogens with zero attached hydrogens (tertiary/aromatic N) is 1.